The summed E-state index contributed by atoms with van der Waals surface area (Å²) < 4.78 is 0. The predicted octanol–water partition coefficient (Wildman–Crippen LogP) is 17.5. The molecule has 6 nitrogen and oxygen atoms in total. The van der Waals surface area contributed by atoms with Crippen molar-refractivity contribution in [2.24, 2.45) is 0 Å². The maximum absolute atomic E-state index is 11.2. The van der Waals surface area contributed by atoms with Gasteiger partial charge in [-0.05, 0) is 122 Å². The number of allylic oxidation sites excluding steroid dienone is 4. The number of hydrogen-bond donors (Lipinski definition) is 2. The molecule has 8 heteroatoms. The van der Waals surface area contributed by atoms with Gasteiger partial charge in [0.15, 0.2) is 11.6 Å². The van der Waals surface area contributed by atoms with Crippen LogP contribution in [0.3, 0.4) is 0 Å². The van der Waals surface area contributed by atoms with Gasteiger partial charge in [-0.25, -0.2) is 0 Å². The molecule has 0 saturated heterocycles. The van der Waals surface area contributed by atoms with Crippen molar-refractivity contribution in [3.05, 3.63) is 214 Å². The molecule has 0 aliphatic heterocycles. The molecule has 392 valence electrons. The van der Waals surface area contributed by atoms with Crippen molar-refractivity contribution in [1.29, 1.82) is 0 Å². The molecule has 2 saturated carbocycles. The van der Waals surface area contributed by atoms with E-state index >= 15 is 0 Å². The minimum atomic E-state index is -0.119. The van der Waals surface area contributed by atoms with Gasteiger partial charge in [0.2, 0.25) is 0 Å². The molecule has 10 rings (SSSR count). The van der Waals surface area contributed by atoms with Crippen LogP contribution >= 0.6 is 0 Å². The number of hydrogen-bond acceptors (Lipinski definition) is 6. The summed E-state index contributed by atoms with van der Waals surface area (Å²) in [6.45, 7) is 14.4. The molecule has 2 aromatic heterocycles. The molecule has 6 aromatic carbocycles. The summed E-state index contributed by atoms with van der Waals surface area (Å²) >= 11 is 0. The zero-order valence-corrected chi connectivity index (χ0v) is 49.4. The van der Waals surface area contributed by atoms with Crippen LogP contribution in [0.2, 0.25) is 0 Å². The van der Waals surface area contributed by atoms with E-state index in [4.69, 9.17) is 9.97 Å². The minimum absolute atomic E-state index is 0. The molecule has 0 spiro atoms. The number of rotatable bonds is 8. The molecule has 2 aliphatic rings. The first-order valence-electron chi connectivity index (χ1n) is 25.9. The average molecular weight is 1350 g/mol. The van der Waals surface area contributed by atoms with Gasteiger partial charge in [0.1, 0.15) is 11.5 Å². The fourth-order valence-electron chi connectivity index (χ4n) is 10.4. The van der Waals surface area contributed by atoms with E-state index in [0.717, 1.165) is 56.5 Å². The van der Waals surface area contributed by atoms with Gasteiger partial charge in [-0.1, -0.05) is 169 Å². The minimum Gasteiger partial charge on any atom is -0.512 e. The summed E-state index contributed by atoms with van der Waals surface area (Å²) in [4.78, 5) is 32.2. The second-order valence-corrected chi connectivity index (χ2v) is 19.9. The van der Waals surface area contributed by atoms with Gasteiger partial charge in [-0.2, -0.15) is 0 Å². The smallest absolute Gasteiger partial charge is 0.163 e. The maximum atomic E-state index is 11.2. The molecule has 2 aliphatic carbocycles. The number of pyridine rings is 2. The van der Waals surface area contributed by atoms with Crippen LogP contribution in [-0.2, 0) is 49.8 Å². The van der Waals surface area contributed by atoms with Crippen molar-refractivity contribution in [2.75, 3.05) is 0 Å². The van der Waals surface area contributed by atoms with Gasteiger partial charge in [0.05, 0.1) is 22.2 Å². The zero-order valence-electron chi connectivity index (χ0n) is 44.6. The van der Waals surface area contributed by atoms with Crippen molar-refractivity contribution in [2.45, 2.75) is 125 Å². The molecule has 2 heterocycles. The van der Waals surface area contributed by atoms with E-state index < -0.39 is 0 Å². The normalized spacial score (nSPS) is 14.0. The molecule has 0 atom stereocenters. The van der Waals surface area contributed by atoms with Crippen molar-refractivity contribution >= 4 is 44.5 Å². The molecular formula is C67H70Ir2N2O4-2. The van der Waals surface area contributed by atoms with Gasteiger partial charge in [0, 0.05) is 40.2 Å². The largest absolute Gasteiger partial charge is 0.512 e. The molecular weight excluding hydrogens is 1280 g/mol. The summed E-state index contributed by atoms with van der Waals surface area (Å²) in [7, 11) is 0. The van der Waals surface area contributed by atoms with Crippen LogP contribution < -0.4 is 0 Å². The average Bonchev–Trinajstić information content (AvgIpc) is 3.92. The van der Waals surface area contributed by atoms with Crippen LogP contribution in [0.5, 0.6) is 0 Å². The first-order chi connectivity index (χ1) is 35.1. The number of carbonyl (C=O) groups excluding carboxylic acids is 2. The number of aliphatic hydroxyl groups excluding tert-OH is 2. The van der Waals surface area contributed by atoms with E-state index in [9.17, 15) is 19.8 Å². The van der Waals surface area contributed by atoms with Gasteiger partial charge >= 0.3 is 0 Å². The van der Waals surface area contributed by atoms with Crippen molar-refractivity contribution in [1.82, 2.24) is 9.97 Å². The molecule has 2 N–H and O–H groups in total. The Kier molecular flexibility index (Phi) is 22.8. The Labute approximate surface area is 472 Å². The van der Waals surface area contributed by atoms with Crippen LogP contribution in [0, 0.1) is 39.8 Å². The van der Waals surface area contributed by atoms with Crippen LogP contribution in [0.25, 0.3) is 55.5 Å². The molecule has 0 amide bonds. The second kappa shape index (κ2) is 28.7. The number of Topliss-reactive ketones (excluding diaryl/α,β-unsaturated/α-hetero) is 2. The van der Waals surface area contributed by atoms with E-state index in [-0.39, 0.29) is 63.3 Å². The molecule has 75 heavy (non-hydrogen) atoms. The topological polar surface area (TPSA) is 100 Å². The molecule has 2 radical (unpaired) electrons. The van der Waals surface area contributed by atoms with E-state index in [0.29, 0.717) is 11.1 Å². The third-order valence-electron chi connectivity index (χ3n) is 13.7. The van der Waals surface area contributed by atoms with Crippen LogP contribution in [0.15, 0.2) is 157 Å². The Balaban J connectivity index is 0.000000191. The van der Waals surface area contributed by atoms with Crippen molar-refractivity contribution < 1.29 is 60.0 Å². The fraction of sp³-hybridized carbons (Fsp3) is 0.284. The fourth-order valence-corrected chi connectivity index (χ4v) is 10.4. The predicted molar refractivity (Wildman–Crippen MR) is 303 cm³/mol. The van der Waals surface area contributed by atoms with Gasteiger partial charge in [-0.3, -0.25) is 19.6 Å². The number of ketones is 2. The quantitative estimate of drug-likeness (QED) is 0.0893. The van der Waals surface area contributed by atoms with Crippen LogP contribution in [-0.4, -0.2) is 31.7 Å². The Morgan fingerprint density at radius 1 is 0.453 bits per heavy atom. The number of nitrogens with zero attached hydrogens (tertiary/aromatic N) is 2. The summed E-state index contributed by atoms with van der Waals surface area (Å²) in [6, 6.07) is 56.1. The Bertz CT molecular complexity index is 3140. The number of aromatic nitrogens is 2. The summed E-state index contributed by atoms with van der Waals surface area (Å²) in [6.07, 6.45) is 12.2. The van der Waals surface area contributed by atoms with Gasteiger partial charge in [0.25, 0.3) is 0 Å². The Morgan fingerprint density at radius 3 is 1.13 bits per heavy atom. The number of carbonyl (C=O) groups is 2. The summed E-state index contributed by atoms with van der Waals surface area (Å²) in [5, 5.41) is 21.0. The van der Waals surface area contributed by atoms with E-state index in [1.54, 1.807) is 24.3 Å². The molecule has 8 aromatic rings. The van der Waals surface area contributed by atoms with Crippen molar-refractivity contribution in [3.8, 4) is 22.5 Å². The molecule has 0 unspecified atom stereocenters. The number of fused-ring (bicyclic) bond motifs is 2. The number of aryl methyl sites for hydroxylation is 4. The van der Waals surface area contributed by atoms with Gasteiger partial charge in [-0.15, -0.1) is 69.8 Å². The number of benzene rings is 6. The number of aliphatic hydroxyl groups is 2. The third-order valence-corrected chi connectivity index (χ3v) is 13.7. The van der Waals surface area contributed by atoms with E-state index in [1.165, 1.54) is 130 Å². The standard InChI is InChI=1S/C23H24N.C22H22N.2C11H12O2.2Ir/c1-16-12-17(2)14-21(13-16)22-11-10-19-8-9-20(15-23(19)24-22)18-6-4-3-5-7-18;1-15-11-16(2)13-20(12-15)21-10-9-18-7-8-19(14-22(18)23-21)17-5-3-4-6-17;2*1-8(12)11(9(2)13)10-6-4-3-5-7-10;;/h8-13,15,18H,3-7H2,1-2H3;7-12,14,17H,3-6H2,1-2H3;2*3-7,12H,1-2H3;;/q2*-1;;;;. The van der Waals surface area contributed by atoms with Crippen LogP contribution in [0.1, 0.15) is 142 Å². The Hall–Kier alpha value is -6.14. The zero-order chi connectivity index (χ0) is 52.0. The SMILES string of the molecule is CC(=O)C(=C(C)O)c1ccccc1.CC(=O)C(=C(C)O)c1ccccc1.Cc1[c-]c(-c2ccc3ccc(C4CCCC4)cc3n2)cc(C)c1.Cc1[c-]c(-c2ccc3ccc(C4CCCCC4)cc3n2)cc(C)c1.[Ir].[Ir]. The first kappa shape index (κ1) is 59.7. The second-order valence-electron chi connectivity index (χ2n) is 19.9. The van der Waals surface area contributed by atoms with E-state index in [1.807, 2.05) is 36.4 Å². The maximum Gasteiger partial charge on any atom is 0.163 e. The summed E-state index contributed by atoms with van der Waals surface area (Å²) in [5.41, 5.74) is 16.5. The molecule has 0 bridgehead atoms. The first-order valence-corrected chi connectivity index (χ1v) is 25.9. The molecule has 2 fully saturated rings. The van der Waals surface area contributed by atoms with E-state index in [2.05, 4.69) is 125 Å². The third kappa shape index (κ3) is 16.7. The van der Waals surface area contributed by atoms with Crippen LogP contribution in [0.4, 0.5) is 0 Å². The summed E-state index contributed by atoms with van der Waals surface area (Å²) in [5.74, 6) is 1.36. The van der Waals surface area contributed by atoms with Gasteiger partial charge < -0.3 is 10.2 Å². The Morgan fingerprint density at radius 2 is 0.800 bits per heavy atom. The van der Waals surface area contributed by atoms with Crippen molar-refractivity contribution in [3.63, 3.8) is 0 Å². The monoisotopic (exact) mass is 1350 g/mol.